The highest BCUT2D eigenvalue weighted by Crippen LogP contribution is 2.54. The van der Waals surface area contributed by atoms with E-state index in [4.69, 9.17) is 11.6 Å². The zero-order valence-corrected chi connectivity index (χ0v) is 16.0. The summed E-state index contributed by atoms with van der Waals surface area (Å²) in [4.78, 5) is 1.46. The second kappa shape index (κ2) is 5.94. The van der Waals surface area contributed by atoms with Gasteiger partial charge in [0.25, 0.3) is 0 Å². The van der Waals surface area contributed by atoms with Gasteiger partial charge in [0, 0.05) is 28.0 Å². The predicted molar refractivity (Wildman–Crippen MR) is 98.7 cm³/mol. The van der Waals surface area contributed by atoms with Crippen molar-refractivity contribution in [3.05, 3.63) is 28.8 Å². The van der Waals surface area contributed by atoms with E-state index in [1.54, 1.807) is 0 Å². The fourth-order valence-electron chi connectivity index (χ4n) is 5.30. The van der Waals surface area contributed by atoms with Crippen LogP contribution in [0.1, 0.15) is 51.6 Å². The van der Waals surface area contributed by atoms with Gasteiger partial charge in [0.05, 0.1) is 18.6 Å². The molecule has 0 aliphatic carbocycles. The van der Waals surface area contributed by atoms with E-state index in [1.165, 1.54) is 53.2 Å². The molecular weight excluding hydrogens is 324 g/mol. The minimum atomic E-state index is 0.567. The topological polar surface area (TPSA) is 3.24 Å². The third-order valence-corrected chi connectivity index (χ3v) is 7.89. The number of quaternary nitrogens is 1. The van der Waals surface area contributed by atoms with Gasteiger partial charge in [0.15, 0.2) is 0 Å². The Labute approximate surface area is 149 Å². The number of benzene rings is 1. The summed E-state index contributed by atoms with van der Waals surface area (Å²) in [5.74, 6) is 2.03. The van der Waals surface area contributed by atoms with Crippen molar-refractivity contribution in [1.29, 1.82) is 0 Å². The number of hydrogen-bond donors (Lipinski definition) is 0. The molecule has 4 atom stereocenters. The lowest BCUT2D eigenvalue weighted by Crippen LogP contribution is -2.66. The van der Waals surface area contributed by atoms with Crippen molar-refractivity contribution in [1.82, 2.24) is 5.01 Å². The van der Waals surface area contributed by atoms with Gasteiger partial charge >= 0.3 is 0 Å². The maximum Gasteiger partial charge on any atom is 0.102 e. The first kappa shape index (κ1) is 16.3. The van der Waals surface area contributed by atoms with Crippen LogP contribution in [-0.2, 0) is 0 Å². The molecule has 3 aliphatic heterocycles. The standard InChI is InChI=1S/C19H28ClN2S/c1-4-16-6-5-9-22(13(2)3)11-14-12-23-18-8-7-15(20)10-17(18)19(14)21(16)22/h7-8,10,13-14,16,19H,4-6,9,11-12H2,1-3H3/q+1. The molecule has 1 aromatic carbocycles. The lowest BCUT2D eigenvalue weighted by Gasteiger charge is -2.52. The van der Waals surface area contributed by atoms with Gasteiger partial charge < -0.3 is 0 Å². The Morgan fingerprint density at radius 2 is 2.22 bits per heavy atom. The Morgan fingerprint density at radius 1 is 1.39 bits per heavy atom. The number of hydrogen-bond acceptors (Lipinski definition) is 2. The van der Waals surface area contributed by atoms with Crippen molar-refractivity contribution in [2.45, 2.75) is 63.1 Å². The quantitative estimate of drug-likeness (QED) is 0.679. The zero-order valence-electron chi connectivity index (χ0n) is 14.5. The molecule has 0 bridgehead atoms. The molecule has 4 rings (SSSR count). The third kappa shape index (κ3) is 2.38. The van der Waals surface area contributed by atoms with Crippen molar-refractivity contribution in [2.75, 3.05) is 18.8 Å². The second-order valence-corrected chi connectivity index (χ2v) is 9.27. The van der Waals surface area contributed by atoms with Crippen LogP contribution in [0.5, 0.6) is 0 Å². The number of thioether (sulfide) groups is 1. The molecule has 4 heteroatoms. The molecule has 0 aromatic heterocycles. The Morgan fingerprint density at radius 3 is 2.96 bits per heavy atom. The lowest BCUT2D eigenvalue weighted by atomic mass is 9.93. The number of halogens is 1. The molecule has 2 fully saturated rings. The Balaban J connectivity index is 1.84. The van der Waals surface area contributed by atoms with Crippen LogP contribution >= 0.6 is 23.4 Å². The maximum atomic E-state index is 6.38. The predicted octanol–water partition coefficient (Wildman–Crippen LogP) is 5.13. The molecular formula is C19H28ClN2S+. The molecule has 0 spiro atoms. The van der Waals surface area contributed by atoms with E-state index in [2.05, 4.69) is 44.0 Å². The lowest BCUT2D eigenvalue weighted by molar-refractivity contribution is -1.05. The Kier molecular flexibility index (Phi) is 4.20. The van der Waals surface area contributed by atoms with E-state index in [0.717, 1.165) is 17.0 Å². The maximum absolute atomic E-state index is 6.38. The van der Waals surface area contributed by atoms with Gasteiger partial charge in [-0.25, -0.2) is 4.59 Å². The molecule has 0 N–H and O–H groups in total. The van der Waals surface area contributed by atoms with Gasteiger partial charge in [-0.2, -0.15) is 0 Å². The minimum Gasteiger partial charge on any atom is -0.240 e. The van der Waals surface area contributed by atoms with Gasteiger partial charge in [-0.05, 0) is 50.5 Å². The highest BCUT2D eigenvalue weighted by molar-refractivity contribution is 7.99. The molecule has 0 radical (unpaired) electrons. The molecule has 2 nitrogen and oxygen atoms in total. The number of nitrogens with zero attached hydrogens (tertiary/aromatic N) is 2. The summed E-state index contributed by atoms with van der Waals surface area (Å²) < 4.78 is 1.21. The fraction of sp³-hybridized carbons (Fsp3) is 0.684. The number of fused-ring (bicyclic) bond motifs is 5. The van der Waals surface area contributed by atoms with Crippen LogP contribution in [0, 0.1) is 5.92 Å². The van der Waals surface area contributed by atoms with Crippen molar-refractivity contribution in [3.8, 4) is 0 Å². The first-order valence-electron chi connectivity index (χ1n) is 9.14. The average molecular weight is 352 g/mol. The summed E-state index contributed by atoms with van der Waals surface area (Å²) in [5.41, 5.74) is 1.50. The van der Waals surface area contributed by atoms with Crippen LogP contribution in [-0.4, -0.2) is 40.5 Å². The molecule has 0 saturated carbocycles. The van der Waals surface area contributed by atoms with Crippen LogP contribution in [0.3, 0.4) is 0 Å². The molecule has 1 aromatic rings. The van der Waals surface area contributed by atoms with Crippen LogP contribution < -0.4 is 0 Å². The SMILES string of the molecule is CCC1CCC[N+]2(C(C)C)CC3CSc4ccc(Cl)cc4C3N12. The van der Waals surface area contributed by atoms with E-state index in [1.807, 2.05) is 11.8 Å². The Hall–Kier alpha value is -0.220. The molecule has 4 unspecified atom stereocenters. The first-order chi connectivity index (χ1) is 11.1. The summed E-state index contributed by atoms with van der Waals surface area (Å²) in [6.07, 6.45) is 4.00. The van der Waals surface area contributed by atoms with Gasteiger partial charge in [-0.15, -0.1) is 16.8 Å². The summed E-state index contributed by atoms with van der Waals surface area (Å²) >= 11 is 8.42. The molecule has 0 amide bonds. The van der Waals surface area contributed by atoms with E-state index in [9.17, 15) is 0 Å². The van der Waals surface area contributed by atoms with Crippen LogP contribution in [0.15, 0.2) is 23.1 Å². The molecule has 3 aliphatic rings. The Bertz CT molecular complexity index is 605. The smallest absolute Gasteiger partial charge is 0.102 e. The van der Waals surface area contributed by atoms with Crippen molar-refractivity contribution in [3.63, 3.8) is 0 Å². The van der Waals surface area contributed by atoms with Crippen LogP contribution in [0.25, 0.3) is 0 Å². The minimum absolute atomic E-state index is 0.567. The van der Waals surface area contributed by atoms with Gasteiger partial charge in [-0.1, -0.05) is 18.5 Å². The molecule has 23 heavy (non-hydrogen) atoms. The van der Waals surface area contributed by atoms with E-state index < -0.39 is 0 Å². The van der Waals surface area contributed by atoms with Crippen molar-refractivity contribution < 1.29 is 4.59 Å². The monoisotopic (exact) mass is 351 g/mol. The third-order valence-electron chi connectivity index (χ3n) is 6.37. The summed E-state index contributed by atoms with van der Waals surface area (Å²) in [6, 6.07) is 8.51. The zero-order chi connectivity index (χ0) is 16.2. The second-order valence-electron chi connectivity index (χ2n) is 7.77. The van der Waals surface area contributed by atoms with Crippen molar-refractivity contribution in [2.24, 2.45) is 5.92 Å². The number of rotatable bonds is 2. The average Bonchev–Trinajstić information content (AvgIpc) is 2.90. The summed E-state index contributed by atoms with van der Waals surface area (Å²) in [5, 5.41) is 3.80. The fourth-order valence-corrected chi connectivity index (χ4v) is 6.67. The normalized spacial score (nSPS) is 36.7. The van der Waals surface area contributed by atoms with Crippen LogP contribution in [0.4, 0.5) is 0 Å². The summed E-state index contributed by atoms with van der Waals surface area (Å²) in [6.45, 7) is 9.86. The summed E-state index contributed by atoms with van der Waals surface area (Å²) in [7, 11) is 0. The van der Waals surface area contributed by atoms with Gasteiger partial charge in [-0.3, -0.25) is 0 Å². The first-order valence-corrected chi connectivity index (χ1v) is 10.5. The highest BCUT2D eigenvalue weighted by Gasteiger charge is 2.59. The largest absolute Gasteiger partial charge is 0.240 e. The van der Waals surface area contributed by atoms with Crippen LogP contribution in [0.2, 0.25) is 5.02 Å². The molecule has 2 saturated heterocycles. The van der Waals surface area contributed by atoms with Gasteiger partial charge in [0.1, 0.15) is 12.6 Å². The molecule has 126 valence electrons. The van der Waals surface area contributed by atoms with E-state index >= 15 is 0 Å². The van der Waals surface area contributed by atoms with E-state index in [-0.39, 0.29) is 0 Å². The van der Waals surface area contributed by atoms with Gasteiger partial charge in [0.2, 0.25) is 0 Å². The van der Waals surface area contributed by atoms with Crippen molar-refractivity contribution >= 4 is 23.4 Å². The van der Waals surface area contributed by atoms with E-state index in [0.29, 0.717) is 12.1 Å². The molecule has 3 heterocycles. The highest BCUT2D eigenvalue weighted by atomic mass is 35.5.